The van der Waals surface area contributed by atoms with Gasteiger partial charge in [-0.1, -0.05) is 78.9 Å². The van der Waals surface area contributed by atoms with Crippen molar-refractivity contribution in [2.45, 2.75) is 32.0 Å². The summed E-state index contributed by atoms with van der Waals surface area (Å²) in [5, 5.41) is 3.02. The Morgan fingerprint density at radius 2 is 1.29 bits per heavy atom. The van der Waals surface area contributed by atoms with Gasteiger partial charge >= 0.3 is 0 Å². The lowest BCUT2D eigenvalue weighted by Crippen LogP contribution is -2.53. The Kier molecular flexibility index (Phi) is 13.0. The van der Waals surface area contributed by atoms with E-state index in [0.717, 1.165) is 32.8 Å². The Bertz CT molecular complexity index is 1730. The molecular weight excluding hydrogens is 630 g/mol. The Labute approximate surface area is 283 Å². The summed E-state index contributed by atoms with van der Waals surface area (Å²) in [6.45, 7) is -0.0449. The topological polar surface area (TPSA) is 114 Å². The average Bonchev–Trinajstić information content (AvgIpc) is 3.10. The van der Waals surface area contributed by atoms with Gasteiger partial charge in [-0.25, -0.2) is 8.42 Å². The zero-order valence-electron chi connectivity index (χ0n) is 27.8. The van der Waals surface area contributed by atoms with E-state index >= 15 is 0 Å². The first-order chi connectivity index (χ1) is 23.1. The van der Waals surface area contributed by atoms with Gasteiger partial charge in [0.15, 0.2) is 11.5 Å². The number of amides is 2. The van der Waals surface area contributed by atoms with Gasteiger partial charge in [-0.15, -0.1) is 0 Å². The maximum Gasteiger partial charge on any atom is 0.243 e. The highest BCUT2D eigenvalue weighted by Crippen LogP contribution is 2.27. The normalized spacial score (nSPS) is 11.9. The second-order valence-electron chi connectivity index (χ2n) is 11.3. The van der Waals surface area contributed by atoms with Crippen LogP contribution in [0.15, 0.2) is 103 Å². The molecule has 0 radical (unpaired) electrons. The van der Waals surface area contributed by atoms with E-state index in [1.54, 1.807) is 33.5 Å². The number of carbonyl (C=O) groups excluding carboxylic acids is 2. The minimum atomic E-state index is -3.78. The minimum Gasteiger partial charge on any atom is -0.497 e. The third kappa shape index (κ3) is 10.3. The Morgan fingerprint density at radius 1 is 0.708 bits per heavy atom. The maximum absolute atomic E-state index is 14.3. The number of nitrogens with zero attached hydrogens (tertiary/aromatic N) is 2. The van der Waals surface area contributed by atoms with E-state index in [4.69, 9.17) is 14.2 Å². The summed E-state index contributed by atoms with van der Waals surface area (Å²) in [7, 11) is 0.921. The zero-order chi connectivity index (χ0) is 34.5. The lowest BCUT2D eigenvalue weighted by Gasteiger charge is -2.33. The molecule has 0 aliphatic rings. The molecule has 0 aromatic heterocycles. The molecule has 10 nitrogen and oxygen atoms in total. The molecule has 11 heteroatoms. The average molecular weight is 674 g/mol. The summed E-state index contributed by atoms with van der Waals surface area (Å²) in [6.07, 6.45) is 1.82. The number of carbonyl (C=O) groups is 2. The van der Waals surface area contributed by atoms with Crippen LogP contribution in [0.2, 0.25) is 0 Å². The van der Waals surface area contributed by atoms with Gasteiger partial charge in [-0.2, -0.15) is 4.31 Å². The summed E-state index contributed by atoms with van der Waals surface area (Å²) < 4.78 is 43.1. The van der Waals surface area contributed by atoms with Gasteiger partial charge in [0.1, 0.15) is 11.8 Å². The smallest absolute Gasteiger partial charge is 0.243 e. The fourth-order valence-electron chi connectivity index (χ4n) is 5.28. The van der Waals surface area contributed by atoms with Crippen molar-refractivity contribution in [3.63, 3.8) is 0 Å². The van der Waals surface area contributed by atoms with Gasteiger partial charge in [0.25, 0.3) is 0 Å². The molecule has 1 N–H and O–H groups in total. The van der Waals surface area contributed by atoms with Crippen LogP contribution >= 0.6 is 0 Å². The number of rotatable bonds is 17. The lowest BCUT2D eigenvalue weighted by molar-refractivity contribution is -0.141. The van der Waals surface area contributed by atoms with Crippen LogP contribution in [0.4, 0.5) is 0 Å². The number of hydrogen-bond acceptors (Lipinski definition) is 7. The Hall–Kier alpha value is -4.87. The van der Waals surface area contributed by atoms with E-state index in [1.165, 1.54) is 4.90 Å². The fourth-order valence-corrected chi connectivity index (χ4v) is 6.01. The van der Waals surface area contributed by atoms with Crippen molar-refractivity contribution < 1.29 is 32.2 Å². The largest absolute Gasteiger partial charge is 0.497 e. The van der Waals surface area contributed by atoms with E-state index in [-0.39, 0.29) is 25.4 Å². The molecule has 254 valence electrons. The van der Waals surface area contributed by atoms with Crippen LogP contribution in [-0.2, 0) is 45.5 Å². The van der Waals surface area contributed by atoms with Crippen LogP contribution in [0, 0.1) is 0 Å². The number of ether oxygens (including phenoxy) is 3. The van der Waals surface area contributed by atoms with Crippen molar-refractivity contribution in [1.29, 1.82) is 0 Å². The SMILES string of the molecule is COc1ccc(CN(C(=O)CN(Cc2ccccc2)S(C)(=O)=O)[C@@H](Cc2ccccc2)C(=O)NCCc2ccc(OC)c(OC)c2)cc1. The zero-order valence-corrected chi connectivity index (χ0v) is 28.6. The number of hydrogen-bond donors (Lipinski definition) is 1. The quantitative estimate of drug-likeness (QED) is 0.176. The van der Waals surface area contributed by atoms with Crippen molar-refractivity contribution in [2.75, 3.05) is 40.7 Å². The standard InChI is InChI=1S/C37H43N3O7S/c1-45-32-18-15-31(16-19-32)26-40(36(41)27-39(48(4,43)44)25-30-13-9-6-10-14-30)33(23-28-11-7-5-8-12-28)37(42)38-22-21-29-17-20-34(46-2)35(24-29)47-3/h5-20,24,33H,21-23,25-27H2,1-4H3,(H,38,42)/t33-/m0/s1. The van der Waals surface area contributed by atoms with Gasteiger partial charge in [-0.3, -0.25) is 9.59 Å². The molecule has 0 unspecified atom stereocenters. The van der Waals surface area contributed by atoms with Crippen LogP contribution in [0.25, 0.3) is 0 Å². The van der Waals surface area contributed by atoms with Gasteiger partial charge < -0.3 is 24.4 Å². The molecule has 1 atom stereocenters. The molecule has 0 bridgehead atoms. The molecule has 0 aliphatic carbocycles. The Morgan fingerprint density at radius 3 is 1.88 bits per heavy atom. The molecule has 0 aliphatic heterocycles. The third-order valence-corrected chi connectivity index (χ3v) is 9.12. The molecule has 4 aromatic carbocycles. The first kappa shape index (κ1) is 36.0. The molecule has 4 rings (SSSR count). The molecule has 48 heavy (non-hydrogen) atoms. The number of benzene rings is 4. The van der Waals surface area contributed by atoms with E-state index in [9.17, 15) is 18.0 Å². The van der Waals surface area contributed by atoms with Crippen molar-refractivity contribution >= 4 is 21.8 Å². The molecule has 2 amide bonds. The predicted molar refractivity (Wildman–Crippen MR) is 185 cm³/mol. The minimum absolute atomic E-state index is 0.0165. The van der Waals surface area contributed by atoms with Gasteiger partial charge in [0, 0.05) is 26.1 Å². The highest BCUT2D eigenvalue weighted by atomic mass is 32.2. The first-order valence-electron chi connectivity index (χ1n) is 15.5. The summed E-state index contributed by atoms with van der Waals surface area (Å²) >= 11 is 0. The third-order valence-electron chi connectivity index (χ3n) is 7.93. The van der Waals surface area contributed by atoms with Crippen LogP contribution < -0.4 is 19.5 Å². The second-order valence-corrected chi connectivity index (χ2v) is 13.3. The van der Waals surface area contributed by atoms with Gasteiger partial charge in [0.2, 0.25) is 21.8 Å². The highest BCUT2D eigenvalue weighted by molar-refractivity contribution is 7.88. The number of methoxy groups -OCH3 is 3. The molecule has 0 heterocycles. The molecule has 4 aromatic rings. The summed E-state index contributed by atoms with van der Waals surface area (Å²) in [5.74, 6) is 0.997. The van der Waals surface area contributed by atoms with Crippen molar-refractivity contribution in [3.05, 3.63) is 125 Å². The monoisotopic (exact) mass is 673 g/mol. The molecule has 0 spiro atoms. The lowest BCUT2D eigenvalue weighted by atomic mass is 10.0. The Balaban J connectivity index is 1.64. The maximum atomic E-state index is 14.3. The van der Waals surface area contributed by atoms with Crippen LogP contribution in [-0.4, -0.2) is 76.2 Å². The van der Waals surface area contributed by atoms with Gasteiger partial charge in [0.05, 0.1) is 34.1 Å². The van der Waals surface area contributed by atoms with Crippen molar-refractivity contribution in [2.24, 2.45) is 0 Å². The summed E-state index contributed by atoms with van der Waals surface area (Å²) in [4.78, 5) is 29.8. The van der Waals surface area contributed by atoms with E-state index in [2.05, 4.69) is 5.32 Å². The van der Waals surface area contributed by atoms with E-state index in [0.29, 0.717) is 30.2 Å². The van der Waals surface area contributed by atoms with Crippen molar-refractivity contribution in [1.82, 2.24) is 14.5 Å². The summed E-state index contributed by atoms with van der Waals surface area (Å²) in [5.41, 5.74) is 3.29. The summed E-state index contributed by atoms with van der Waals surface area (Å²) in [6, 6.07) is 30.4. The van der Waals surface area contributed by atoms with Gasteiger partial charge in [-0.05, 0) is 52.9 Å². The number of nitrogens with one attached hydrogen (secondary N) is 1. The van der Waals surface area contributed by atoms with Crippen LogP contribution in [0.5, 0.6) is 17.2 Å². The molecule has 0 fully saturated rings. The van der Waals surface area contributed by atoms with E-state index < -0.39 is 28.5 Å². The molecule has 0 saturated heterocycles. The van der Waals surface area contributed by atoms with E-state index in [1.807, 2.05) is 91.0 Å². The molecular formula is C37H43N3O7S. The first-order valence-corrected chi connectivity index (χ1v) is 17.4. The van der Waals surface area contributed by atoms with Crippen LogP contribution in [0.1, 0.15) is 22.3 Å². The predicted octanol–water partition coefficient (Wildman–Crippen LogP) is 4.47. The second kappa shape index (κ2) is 17.3. The fraction of sp³-hybridized carbons (Fsp3) is 0.297. The number of sulfonamides is 1. The molecule has 0 saturated carbocycles. The van der Waals surface area contributed by atoms with Crippen molar-refractivity contribution in [3.8, 4) is 17.2 Å². The highest BCUT2D eigenvalue weighted by Gasteiger charge is 2.33. The van der Waals surface area contributed by atoms with Crippen LogP contribution in [0.3, 0.4) is 0 Å².